The lowest BCUT2D eigenvalue weighted by Gasteiger charge is -2.27. The molecular weight excluding hydrogens is 222 g/mol. The summed E-state index contributed by atoms with van der Waals surface area (Å²) in [7, 11) is 0. The van der Waals surface area contributed by atoms with Crippen molar-refractivity contribution in [3.8, 4) is 5.75 Å². The largest absolute Gasteiger partial charge is 0.490 e. The molecule has 1 heterocycles. The minimum Gasteiger partial charge on any atom is -0.490 e. The standard InChI is InChI=1S/C16H23NO/c1-3-14(11-13-7-9-17-10-8-13)12-16(6-1)18-15-4-2-5-15/h1,3,6,12-13,15,17H,2,4-5,7-11H2. The average molecular weight is 245 g/mol. The van der Waals surface area contributed by atoms with E-state index in [-0.39, 0.29) is 0 Å². The minimum atomic E-state index is 0.485. The Labute approximate surface area is 110 Å². The molecule has 0 bridgehead atoms. The predicted octanol–water partition coefficient (Wildman–Crippen LogP) is 3.16. The molecule has 0 spiro atoms. The number of nitrogens with one attached hydrogen (secondary N) is 1. The summed E-state index contributed by atoms with van der Waals surface area (Å²) in [5.41, 5.74) is 1.44. The highest BCUT2D eigenvalue weighted by Crippen LogP contribution is 2.26. The van der Waals surface area contributed by atoms with Gasteiger partial charge < -0.3 is 10.1 Å². The van der Waals surface area contributed by atoms with E-state index in [9.17, 15) is 0 Å². The Morgan fingerprint density at radius 1 is 1.11 bits per heavy atom. The first kappa shape index (κ1) is 12.0. The molecule has 2 nitrogen and oxygen atoms in total. The third-order valence-electron chi connectivity index (χ3n) is 4.24. The maximum Gasteiger partial charge on any atom is 0.119 e. The van der Waals surface area contributed by atoms with Crippen LogP contribution in [0.1, 0.15) is 37.7 Å². The van der Waals surface area contributed by atoms with Crippen molar-refractivity contribution in [2.45, 2.75) is 44.6 Å². The summed E-state index contributed by atoms with van der Waals surface area (Å²) >= 11 is 0. The van der Waals surface area contributed by atoms with Crippen LogP contribution in [-0.2, 0) is 6.42 Å². The van der Waals surface area contributed by atoms with E-state index in [1.54, 1.807) is 0 Å². The average Bonchev–Trinajstić information content (AvgIpc) is 2.36. The second kappa shape index (κ2) is 5.75. The molecule has 1 aliphatic heterocycles. The molecule has 2 fully saturated rings. The maximum absolute atomic E-state index is 5.97. The van der Waals surface area contributed by atoms with E-state index in [1.807, 2.05) is 0 Å². The quantitative estimate of drug-likeness (QED) is 0.880. The van der Waals surface area contributed by atoms with Crippen LogP contribution in [0.5, 0.6) is 5.75 Å². The lowest BCUT2D eigenvalue weighted by atomic mass is 9.91. The van der Waals surface area contributed by atoms with Gasteiger partial charge in [0.1, 0.15) is 5.75 Å². The zero-order chi connectivity index (χ0) is 12.2. The van der Waals surface area contributed by atoms with Gasteiger partial charge in [0, 0.05) is 0 Å². The van der Waals surface area contributed by atoms with Gasteiger partial charge >= 0.3 is 0 Å². The number of hydrogen-bond donors (Lipinski definition) is 1. The Hall–Kier alpha value is -1.02. The van der Waals surface area contributed by atoms with E-state index in [0.29, 0.717) is 6.10 Å². The molecule has 0 radical (unpaired) electrons. The second-order valence-corrected chi connectivity index (χ2v) is 5.72. The lowest BCUT2D eigenvalue weighted by Crippen LogP contribution is -2.28. The van der Waals surface area contributed by atoms with E-state index in [2.05, 4.69) is 29.6 Å². The summed E-state index contributed by atoms with van der Waals surface area (Å²) in [6.45, 7) is 2.37. The van der Waals surface area contributed by atoms with Gasteiger partial charge in [0.05, 0.1) is 6.10 Å². The van der Waals surface area contributed by atoms with Crippen LogP contribution in [0.15, 0.2) is 24.3 Å². The van der Waals surface area contributed by atoms with Crippen molar-refractivity contribution in [3.05, 3.63) is 29.8 Å². The van der Waals surface area contributed by atoms with Gasteiger partial charge in [0.25, 0.3) is 0 Å². The van der Waals surface area contributed by atoms with Crippen molar-refractivity contribution < 1.29 is 4.74 Å². The van der Waals surface area contributed by atoms with Gasteiger partial charge in [-0.2, -0.15) is 0 Å². The van der Waals surface area contributed by atoms with Gasteiger partial charge in [-0.25, -0.2) is 0 Å². The molecule has 1 aromatic carbocycles. The SMILES string of the molecule is c1cc(CC2CCNCC2)cc(OC2CCC2)c1. The Kier molecular flexibility index (Phi) is 3.84. The monoisotopic (exact) mass is 245 g/mol. The first-order valence-corrected chi connectivity index (χ1v) is 7.36. The zero-order valence-corrected chi connectivity index (χ0v) is 11.0. The van der Waals surface area contributed by atoms with Crippen LogP contribution in [0, 0.1) is 5.92 Å². The summed E-state index contributed by atoms with van der Waals surface area (Å²) < 4.78 is 5.97. The smallest absolute Gasteiger partial charge is 0.119 e. The van der Waals surface area contributed by atoms with Gasteiger partial charge in [0.15, 0.2) is 0 Å². The van der Waals surface area contributed by atoms with Crippen molar-refractivity contribution in [3.63, 3.8) is 0 Å². The Bertz CT molecular complexity index is 380. The molecule has 0 unspecified atom stereocenters. The molecule has 1 N–H and O–H groups in total. The van der Waals surface area contributed by atoms with Gasteiger partial charge in [-0.1, -0.05) is 12.1 Å². The van der Waals surface area contributed by atoms with Crippen LogP contribution in [0.3, 0.4) is 0 Å². The summed E-state index contributed by atoms with van der Waals surface area (Å²) in [6, 6.07) is 8.74. The number of rotatable bonds is 4. The number of piperidine rings is 1. The van der Waals surface area contributed by atoms with Gasteiger partial charge in [-0.15, -0.1) is 0 Å². The zero-order valence-electron chi connectivity index (χ0n) is 11.0. The topological polar surface area (TPSA) is 21.3 Å². The fourth-order valence-electron chi connectivity index (χ4n) is 2.85. The highest BCUT2D eigenvalue weighted by Gasteiger charge is 2.19. The second-order valence-electron chi connectivity index (χ2n) is 5.72. The fourth-order valence-corrected chi connectivity index (χ4v) is 2.85. The van der Waals surface area contributed by atoms with E-state index in [4.69, 9.17) is 4.74 Å². The van der Waals surface area contributed by atoms with Crippen LogP contribution in [0.2, 0.25) is 0 Å². The van der Waals surface area contributed by atoms with E-state index in [1.165, 1.54) is 57.2 Å². The van der Waals surface area contributed by atoms with Gasteiger partial charge in [0.2, 0.25) is 0 Å². The molecule has 98 valence electrons. The fraction of sp³-hybridized carbons (Fsp3) is 0.625. The highest BCUT2D eigenvalue weighted by atomic mass is 16.5. The van der Waals surface area contributed by atoms with Crippen molar-refractivity contribution in [2.75, 3.05) is 13.1 Å². The maximum atomic E-state index is 5.97. The molecule has 1 aliphatic carbocycles. The number of hydrogen-bond acceptors (Lipinski definition) is 2. The van der Waals surface area contributed by atoms with Gasteiger partial charge in [-0.3, -0.25) is 0 Å². The first-order chi connectivity index (χ1) is 8.90. The Balaban J connectivity index is 1.58. The predicted molar refractivity (Wildman–Crippen MR) is 74.0 cm³/mol. The van der Waals surface area contributed by atoms with Crippen molar-refractivity contribution in [1.29, 1.82) is 0 Å². The molecular formula is C16H23NO. The molecule has 1 aromatic rings. The normalized spacial score (nSPS) is 21.6. The minimum absolute atomic E-state index is 0.485. The van der Waals surface area contributed by atoms with Crippen molar-refractivity contribution in [2.24, 2.45) is 5.92 Å². The lowest BCUT2D eigenvalue weighted by molar-refractivity contribution is 0.120. The Morgan fingerprint density at radius 2 is 1.94 bits per heavy atom. The third-order valence-corrected chi connectivity index (χ3v) is 4.24. The van der Waals surface area contributed by atoms with Crippen molar-refractivity contribution in [1.82, 2.24) is 5.32 Å². The summed E-state index contributed by atoms with van der Waals surface area (Å²) in [5, 5.41) is 3.43. The van der Waals surface area contributed by atoms with Crippen LogP contribution in [0.4, 0.5) is 0 Å². The van der Waals surface area contributed by atoms with Crippen LogP contribution in [0.25, 0.3) is 0 Å². The van der Waals surface area contributed by atoms with Crippen molar-refractivity contribution >= 4 is 0 Å². The van der Waals surface area contributed by atoms with Crippen LogP contribution in [-0.4, -0.2) is 19.2 Å². The summed E-state index contributed by atoms with van der Waals surface area (Å²) in [6.07, 6.45) is 8.13. The molecule has 0 aromatic heterocycles. The molecule has 1 saturated carbocycles. The molecule has 0 atom stereocenters. The van der Waals surface area contributed by atoms with Crippen LogP contribution < -0.4 is 10.1 Å². The van der Waals surface area contributed by atoms with E-state index < -0.39 is 0 Å². The third kappa shape index (κ3) is 3.05. The molecule has 18 heavy (non-hydrogen) atoms. The Morgan fingerprint density at radius 3 is 2.67 bits per heavy atom. The molecule has 2 aliphatic rings. The molecule has 2 heteroatoms. The molecule has 0 amide bonds. The summed E-state index contributed by atoms with van der Waals surface area (Å²) in [4.78, 5) is 0. The van der Waals surface area contributed by atoms with Gasteiger partial charge in [-0.05, 0) is 75.2 Å². The van der Waals surface area contributed by atoms with E-state index >= 15 is 0 Å². The highest BCUT2D eigenvalue weighted by molar-refractivity contribution is 5.29. The van der Waals surface area contributed by atoms with Crippen LogP contribution >= 0.6 is 0 Å². The van der Waals surface area contributed by atoms with E-state index in [0.717, 1.165) is 11.7 Å². The molecule has 1 saturated heterocycles. The first-order valence-electron chi connectivity index (χ1n) is 7.36. The number of benzene rings is 1. The number of ether oxygens (including phenoxy) is 1. The molecule has 3 rings (SSSR count). The summed E-state index contributed by atoms with van der Waals surface area (Å²) in [5.74, 6) is 1.93.